The van der Waals surface area contributed by atoms with E-state index < -0.39 is 8.07 Å². The summed E-state index contributed by atoms with van der Waals surface area (Å²) in [5, 5.41) is 12.2. The van der Waals surface area contributed by atoms with Crippen molar-refractivity contribution >= 4 is 94.2 Å². The Hall–Kier alpha value is -9.95. The van der Waals surface area contributed by atoms with Gasteiger partial charge in [0, 0.05) is 54.8 Å². The highest BCUT2D eigenvalue weighted by Gasteiger charge is 2.41. The molecule has 0 unspecified atom stereocenters. The van der Waals surface area contributed by atoms with Crippen molar-refractivity contribution in [2.24, 2.45) is 0 Å². The lowest BCUT2D eigenvalue weighted by molar-refractivity contribution is 0.953. The number of hydrogen-bond acceptors (Lipinski definition) is 3. The second-order valence-electron chi connectivity index (χ2n) is 19.6. The van der Waals surface area contributed by atoms with Crippen molar-refractivity contribution < 1.29 is 0 Å². The van der Waals surface area contributed by atoms with Gasteiger partial charge in [0.25, 0.3) is 0 Å². The molecule has 4 heterocycles. The molecule has 0 radical (unpaired) electrons. The summed E-state index contributed by atoms with van der Waals surface area (Å²) in [7, 11) is -2.89. The van der Waals surface area contributed by atoms with Crippen LogP contribution in [0.15, 0.2) is 279 Å². The summed E-state index contributed by atoms with van der Waals surface area (Å²) in [6.45, 7) is 0. The van der Waals surface area contributed by atoms with Gasteiger partial charge in [-0.2, -0.15) is 9.97 Å². The fourth-order valence-corrected chi connectivity index (χ4v) is 17.0. The van der Waals surface area contributed by atoms with Crippen LogP contribution in [0.1, 0.15) is 0 Å². The number of para-hydroxylation sites is 4. The predicted octanol–water partition coefficient (Wildman–Crippen LogP) is 13.9. The zero-order valence-corrected chi connectivity index (χ0v) is 42.2. The van der Waals surface area contributed by atoms with Crippen LogP contribution in [0.2, 0.25) is 0 Å². The lowest BCUT2D eigenvalue weighted by Crippen LogP contribution is -2.74. The van der Waals surface area contributed by atoms with Crippen LogP contribution in [0.3, 0.4) is 0 Å². The molecule has 0 bridgehead atoms. The number of nitrogens with zero attached hydrogens (tertiary/aromatic N) is 6. The molecule has 4 aromatic heterocycles. The maximum Gasteiger partial charge on any atom is 0.238 e. The van der Waals surface area contributed by atoms with Gasteiger partial charge in [-0.25, -0.2) is 4.98 Å². The molecule has 6 nitrogen and oxygen atoms in total. The maximum absolute atomic E-state index is 5.57. The van der Waals surface area contributed by atoms with Crippen molar-refractivity contribution in [3.63, 3.8) is 0 Å². The molecule has 0 saturated heterocycles. The average molecular weight is 987 g/mol. The fourth-order valence-electron chi connectivity index (χ4n) is 12.2. The quantitative estimate of drug-likeness (QED) is 0.107. The molecule has 0 N–H and O–H groups in total. The molecule has 76 heavy (non-hydrogen) atoms. The van der Waals surface area contributed by atoms with E-state index in [1.165, 1.54) is 42.3 Å². The third-order valence-corrected chi connectivity index (χ3v) is 20.2. The van der Waals surface area contributed by atoms with E-state index in [0.29, 0.717) is 17.6 Å². The van der Waals surface area contributed by atoms with Crippen molar-refractivity contribution in [1.82, 2.24) is 28.7 Å². The van der Waals surface area contributed by atoms with Crippen molar-refractivity contribution in [2.45, 2.75) is 0 Å². The Morgan fingerprint density at radius 2 is 0.579 bits per heavy atom. The lowest BCUT2D eigenvalue weighted by atomic mass is 10.1. The minimum atomic E-state index is -2.89. The molecule has 0 aliphatic rings. The van der Waals surface area contributed by atoms with E-state index in [4.69, 9.17) is 15.0 Å². The van der Waals surface area contributed by atoms with Gasteiger partial charge in [0.15, 0.2) is 19.7 Å². The standard InChI is InChI=1S/C69H46N6Si/c1-5-22-47(23-6-1)67-70-68(48-24-21-31-54(44-48)76(51-25-7-2-8-26-51,52-27-9-3-10-28-52)53-29-11-4-12-30-53)72-69(71-67)75-65-42-40-49(73-61-36-17-13-32-55(61)56-33-14-18-37-62(56)73)45-59(65)60-46-50(41-43-66(60)75)74-63-38-19-15-34-57(63)58-35-16-20-39-64(58)74/h1-46H. The van der Waals surface area contributed by atoms with Crippen LogP contribution in [0.25, 0.3) is 106 Å². The number of rotatable bonds is 9. The van der Waals surface area contributed by atoms with Gasteiger partial charge in [0.2, 0.25) is 5.95 Å². The summed E-state index contributed by atoms with van der Waals surface area (Å²) in [5.41, 5.74) is 10.6. The zero-order chi connectivity index (χ0) is 50.2. The summed E-state index contributed by atoms with van der Waals surface area (Å²) in [4.78, 5) is 16.4. The molecular formula is C69H46N6Si. The Kier molecular flexibility index (Phi) is 10.1. The lowest BCUT2D eigenvalue weighted by Gasteiger charge is -2.34. The van der Waals surface area contributed by atoms with Gasteiger partial charge >= 0.3 is 0 Å². The summed E-state index contributed by atoms with van der Waals surface area (Å²) in [5.74, 6) is 1.74. The van der Waals surface area contributed by atoms with Gasteiger partial charge in [0.1, 0.15) is 0 Å². The molecule has 11 aromatic carbocycles. The molecule has 0 saturated carbocycles. The molecule has 0 aliphatic carbocycles. The molecule has 356 valence electrons. The normalized spacial score (nSPS) is 11.9. The molecular weight excluding hydrogens is 941 g/mol. The van der Waals surface area contributed by atoms with Gasteiger partial charge in [-0.1, -0.05) is 218 Å². The summed E-state index contributed by atoms with van der Waals surface area (Å²) in [6.07, 6.45) is 0. The number of aromatic nitrogens is 6. The Bertz CT molecular complexity index is 4320. The van der Waals surface area contributed by atoms with E-state index in [1.807, 2.05) is 18.2 Å². The van der Waals surface area contributed by atoms with Crippen molar-refractivity contribution in [3.8, 4) is 40.1 Å². The minimum absolute atomic E-state index is 0.543. The number of fused-ring (bicyclic) bond motifs is 9. The highest BCUT2D eigenvalue weighted by molar-refractivity contribution is 7.19. The first-order valence-corrected chi connectivity index (χ1v) is 27.9. The molecule has 0 spiro atoms. The smallest absolute Gasteiger partial charge is 0.238 e. The van der Waals surface area contributed by atoms with Crippen molar-refractivity contribution in [3.05, 3.63) is 279 Å². The predicted molar refractivity (Wildman–Crippen MR) is 317 cm³/mol. The van der Waals surface area contributed by atoms with Crippen LogP contribution >= 0.6 is 0 Å². The van der Waals surface area contributed by atoms with E-state index in [1.54, 1.807) is 0 Å². The zero-order valence-electron chi connectivity index (χ0n) is 41.2. The maximum atomic E-state index is 5.57. The Balaban J connectivity index is 0.996. The van der Waals surface area contributed by atoms with Crippen LogP contribution in [0, 0.1) is 0 Å². The van der Waals surface area contributed by atoms with E-state index in [-0.39, 0.29) is 0 Å². The van der Waals surface area contributed by atoms with Crippen LogP contribution < -0.4 is 20.7 Å². The SMILES string of the molecule is c1ccc(-c2nc(-c3cccc([Si](c4ccccc4)(c4ccccc4)c4ccccc4)c3)nc(-n3c4ccc(-n5c6ccccc6c6ccccc65)cc4c4cc(-n5c6ccccc6c6ccccc65)ccc43)n2)cc1. The Labute approximate surface area is 439 Å². The second-order valence-corrected chi connectivity index (χ2v) is 23.4. The van der Waals surface area contributed by atoms with Crippen LogP contribution in [0.4, 0.5) is 0 Å². The van der Waals surface area contributed by atoms with E-state index in [9.17, 15) is 0 Å². The molecule has 0 atom stereocenters. The van der Waals surface area contributed by atoms with Crippen molar-refractivity contribution in [2.75, 3.05) is 0 Å². The van der Waals surface area contributed by atoms with Crippen LogP contribution in [-0.2, 0) is 0 Å². The van der Waals surface area contributed by atoms with Crippen LogP contribution in [0.5, 0.6) is 0 Å². The van der Waals surface area contributed by atoms with Crippen molar-refractivity contribution in [1.29, 1.82) is 0 Å². The summed E-state index contributed by atoms with van der Waals surface area (Å²) >= 11 is 0. The molecule has 0 fully saturated rings. The van der Waals surface area contributed by atoms with E-state index >= 15 is 0 Å². The third-order valence-electron chi connectivity index (χ3n) is 15.4. The summed E-state index contributed by atoms with van der Waals surface area (Å²) in [6, 6.07) is 101. The number of hydrogen-bond donors (Lipinski definition) is 0. The first-order valence-electron chi connectivity index (χ1n) is 25.9. The van der Waals surface area contributed by atoms with Gasteiger partial charge < -0.3 is 9.13 Å². The average Bonchev–Trinajstić information content (AvgIpc) is 4.16. The molecule has 15 rings (SSSR count). The highest BCUT2D eigenvalue weighted by Crippen LogP contribution is 2.39. The molecule has 7 heteroatoms. The number of benzene rings is 11. The summed E-state index contributed by atoms with van der Waals surface area (Å²) < 4.78 is 7.04. The monoisotopic (exact) mass is 986 g/mol. The Morgan fingerprint density at radius 1 is 0.237 bits per heavy atom. The van der Waals surface area contributed by atoms with Gasteiger partial charge in [-0.05, 0) is 81.4 Å². The Morgan fingerprint density at radius 3 is 1.01 bits per heavy atom. The van der Waals surface area contributed by atoms with Gasteiger partial charge in [-0.15, -0.1) is 0 Å². The van der Waals surface area contributed by atoms with E-state index in [2.05, 4.69) is 275 Å². The first-order chi connectivity index (χ1) is 37.7. The third kappa shape index (κ3) is 6.76. The van der Waals surface area contributed by atoms with Gasteiger partial charge in [-0.3, -0.25) is 4.57 Å². The highest BCUT2D eigenvalue weighted by atomic mass is 28.3. The minimum Gasteiger partial charge on any atom is -0.309 e. The fraction of sp³-hybridized carbons (Fsp3) is 0. The topological polar surface area (TPSA) is 53.5 Å². The second kappa shape index (κ2) is 17.6. The van der Waals surface area contributed by atoms with Crippen LogP contribution in [-0.4, -0.2) is 36.7 Å². The molecule has 0 amide bonds. The molecule has 0 aliphatic heterocycles. The first kappa shape index (κ1) is 43.6. The largest absolute Gasteiger partial charge is 0.309 e. The van der Waals surface area contributed by atoms with E-state index in [0.717, 1.165) is 66.4 Å². The molecule has 15 aromatic rings. The van der Waals surface area contributed by atoms with Gasteiger partial charge in [0.05, 0.1) is 33.1 Å².